The van der Waals surface area contributed by atoms with E-state index in [0.29, 0.717) is 22.7 Å². The zero-order valence-electron chi connectivity index (χ0n) is 20.2. The molecule has 1 fully saturated rings. The van der Waals surface area contributed by atoms with Crippen LogP contribution < -0.4 is 10.9 Å². The number of likely N-dealkylation sites (tertiary alicyclic amines) is 1. The van der Waals surface area contributed by atoms with Crippen LogP contribution in [0.1, 0.15) is 44.2 Å². The molecule has 0 radical (unpaired) electrons. The molecular weight excluding hydrogens is 535 g/mol. The maximum absolute atomic E-state index is 13.5. The van der Waals surface area contributed by atoms with Crippen LogP contribution in [0, 0.1) is 0 Å². The molecule has 2 aromatic carbocycles. The summed E-state index contributed by atoms with van der Waals surface area (Å²) in [7, 11) is 0. The average Bonchev–Trinajstić information content (AvgIpc) is 2.92. The fourth-order valence-electron chi connectivity index (χ4n) is 4.83. The monoisotopic (exact) mass is 555 g/mol. The van der Waals surface area contributed by atoms with Crippen molar-refractivity contribution in [2.45, 2.75) is 24.6 Å². The van der Waals surface area contributed by atoms with E-state index in [4.69, 9.17) is 11.6 Å². The van der Waals surface area contributed by atoms with E-state index < -0.39 is 40.7 Å². The Hall–Kier alpha value is -4.25. The van der Waals surface area contributed by atoms with Gasteiger partial charge in [0.2, 0.25) is 5.56 Å². The van der Waals surface area contributed by atoms with Crippen molar-refractivity contribution >= 4 is 34.4 Å². The SMILES string of the molecule is O=C(N[C@@H]1CCN(C(=O)c2cc(Cl)c3nccnc3c2)C[C@@H]1c1ccccc1)c1c[nH]c(=O)cc1C(F)(F)F. The summed E-state index contributed by atoms with van der Waals surface area (Å²) >= 11 is 6.34. The molecule has 5 rings (SSSR count). The minimum Gasteiger partial charge on any atom is -0.348 e. The van der Waals surface area contributed by atoms with Crippen LogP contribution in [-0.2, 0) is 6.18 Å². The number of carbonyl (C=O) groups excluding carboxylic acids is 2. The van der Waals surface area contributed by atoms with Crippen LogP contribution in [0.15, 0.2) is 71.9 Å². The van der Waals surface area contributed by atoms with Gasteiger partial charge in [0.05, 0.1) is 21.7 Å². The van der Waals surface area contributed by atoms with Crippen LogP contribution in [0.3, 0.4) is 0 Å². The molecule has 0 bridgehead atoms. The highest BCUT2D eigenvalue weighted by Gasteiger charge is 2.38. The summed E-state index contributed by atoms with van der Waals surface area (Å²) in [6.45, 7) is 0.433. The lowest BCUT2D eigenvalue weighted by molar-refractivity contribution is -0.138. The molecule has 0 spiro atoms. The fraction of sp³-hybridized carbons (Fsp3) is 0.222. The van der Waals surface area contributed by atoms with Crippen molar-refractivity contribution in [2.75, 3.05) is 13.1 Å². The summed E-state index contributed by atoms with van der Waals surface area (Å²) in [5.41, 5.74) is -0.891. The summed E-state index contributed by atoms with van der Waals surface area (Å²) in [5.74, 6) is -1.68. The number of hydrogen-bond donors (Lipinski definition) is 2. The summed E-state index contributed by atoms with van der Waals surface area (Å²) < 4.78 is 40.6. The first-order chi connectivity index (χ1) is 18.6. The zero-order valence-corrected chi connectivity index (χ0v) is 21.0. The number of benzene rings is 2. The van der Waals surface area contributed by atoms with Crippen LogP contribution in [-0.4, -0.2) is 50.8 Å². The van der Waals surface area contributed by atoms with Gasteiger partial charge in [0, 0.05) is 55.3 Å². The van der Waals surface area contributed by atoms with Crippen molar-refractivity contribution in [3.05, 3.63) is 105 Å². The first-order valence-electron chi connectivity index (χ1n) is 12.0. The molecular formula is C27H21ClF3N5O3. The van der Waals surface area contributed by atoms with E-state index in [1.807, 2.05) is 18.2 Å². The second kappa shape index (κ2) is 10.5. The molecule has 0 saturated carbocycles. The highest BCUT2D eigenvalue weighted by molar-refractivity contribution is 6.35. The van der Waals surface area contributed by atoms with Crippen molar-refractivity contribution in [3.63, 3.8) is 0 Å². The number of H-pyrrole nitrogens is 1. The Morgan fingerprint density at radius 2 is 1.82 bits per heavy atom. The van der Waals surface area contributed by atoms with E-state index in [-0.39, 0.29) is 30.4 Å². The molecule has 1 saturated heterocycles. The lowest BCUT2D eigenvalue weighted by Gasteiger charge is -2.39. The van der Waals surface area contributed by atoms with E-state index in [0.717, 1.165) is 11.8 Å². The van der Waals surface area contributed by atoms with Gasteiger partial charge in [-0.2, -0.15) is 13.2 Å². The van der Waals surface area contributed by atoms with Crippen molar-refractivity contribution < 1.29 is 22.8 Å². The summed E-state index contributed by atoms with van der Waals surface area (Å²) in [5, 5.41) is 2.99. The number of aromatic amines is 1. The Balaban J connectivity index is 1.42. The van der Waals surface area contributed by atoms with E-state index in [1.165, 1.54) is 18.5 Å². The molecule has 3 heterocycles. The minimum atomic E-state index is -4.89. The van der Waals surface area contributed by atoms with E-state index in [9.17, 15) is 27.6 Å². The molecule has 2 amide bonds. The predicted octanol–water partition coefficient (Wildman–Crippen LogP) is 4.42. The number of nitrogens with zero attached hydrogens (tertiary/aromatic N) is 3. The van der Waals surface area contributed by atoms with Crippen molar-refractivity contribution in [2.24, 2.45) is 0 Å². The van der Waals surface area contributed by atoms with Gasteiger partial charge in [0.15, 0.2) is 0 Å². The van der Waals surface area contributed by atoms with Gasteiger partial charge < -0.3 is 15.2 Å². The van der Waals surface area contributed by atoms with Gasteiger partial charge in [-0.3, -0.25) is 24.4 Å². The van der Waals surface area contributed by atoms with Crippen LogP contribution in [0.5, 0.6) is 0 Å². The first-order valence-corrected chi connectivity index (χ1v) is 12.3. The number of alkyl halides is 3. The third-order valence-corrected chi connectivity index (χ3v) is 6.98. The lowest BCUT2D eigenvalue weighted by atomic mass is 9.85. The van der Waals surface area contributed by atoms with Gasteiger partial charge in [-0.1, -0.05) is 41.9 Å². The average molecular weight is 556 g/mol. The Morgan fingerprint density at radius 3 is 2.56 bits per heavy atom. The number of hydrogen-bond acceptors (Lipinski definition) is 5. The van der Waals surface area contributed by atoms with Gasteiger partial charge in [-0.15, -0.1) is 0 Å². The summed E-state index contributed by atoms with van der Waals surface area (Å²) in [6, 6.07) is 12.0. The van der Waals surface area contributed by atoms with Gasteiger partial charge in [-0.25, -0.2) is 0 Å². The quantitative estimate of drug-likeness (QED) is 0.388. The third kappa shape index (κ3) is 5.49. The molecule has 12 heteroatoms. The molecule has 2 aromatic heterocycles. The number of aromatic nitrogens is 3. The molecule has 2 N–H and O–H groups in total. The second-order valence-electron chi connectivity index (χ2n) is 9.14. The lowest BCUT2D eigenvalue weighted by Crippen LogP contribution is -2.51. The van der Waals surface area contributed by atoms with Crippen molar-refractivity contribution in [1.82, 2.24) is 25.2 Å². The molecule has 0 aliphatic carbocycles. The normalized spacial score (nSPS) is 17.7. The molecule has 1 aliphatic rings. The Morgan fingerprint density at radius 1 is 1.08 bits per heavy atom. The van der Waals surface area contributed by atoms with Crippen LogP contribution in [0.2, 0.25) is 5.02 Å². The molecule has 1 aliphatic heterocycles. The largest absolute Gasteiger partial charge is 0.417 e. The fourth-order valence-corrected chi connectivity index (χ4v) is 5.09. The highest BCUT2D eigenvalue weighted by atomic mass is 35.5. The molecule has 39 heavy (non-hydrogen) atoms. The summed E-state index contributed by atoms with van der Waals surface area (Å²) in [6.07, 6.45) is -0.837. The number of piperidine rings is 1. The maximum Gasteiger partial charge on any atom is 0.417 e. The standard InChI is InChI=1S/C27H21ClF3N5O3/c28-20-10-16(11-22-24(20)33-8-7-32-22)26(39)36-9-6-21(18(14-36)15-4-2-1-3-5-15)35-25(38)17-13-34-23(37)12-19(17)27(29,30)31/h1-5,7-8,10-13,18,21H,6,9,14H2,(H,34,37)(H,35,38)/t18-,21-/m1/s1. The number of nitrogens with one attached hydrogen (secondary N) is 2. The first kappa shape index (κ1) is 26.4. The number of carbonyl (C=O) groups is 2. The smallest absolute Gasteiger partial charge is 0.348 e. The second-order valence-corrected chi connectivity index (χ2v) is 9.55. The number of fused-ring (bicyclic) bond motifs is 1. The molecule has 2 atom stereocenters. The molecule has 200 valence electrons. The maximum atomic E-state index is 13.5. The molecule has 0 unspecified atom stereocenters. The van der Waals surface area contributed by atoms with Gasteiger partial charge in [0.1, 0.15) is 5.52 Å². The number of amides is 2. The van der Waals surface area contributed by atoms with Crippen LogP contribution >= 0.6 is 11.6 Å². The van der Waals surface area contributed by atoms with E-state index in [2.05, 4.69) is 20.3 Å². The zero-order chi connectivity index (χ0) is 27.7. The highest BCUT2D eigenvalue weighted by Crippen LogP contribution is 2.33. The minimum absolute atomic E-state index is 0.196. The van der Waals surface area contributed by atoms with Gasteiger partial charge >= 0.3 is 6.18 Å². The Bertz CT molecular complexity index is 1610. The van der Waals surface area contributed by atoms with Gasteiger partial charge in [0.25, 0.3) is 11.8 Å². The van der Waals surface area contributed by atoms with Crippen LogP contribution in [0.25, 0.3) is 11.0 Å². The topological polar surface area (TPSA) is 108 Å². The Labute approximate surface area is 224 Å². The van der Waals surface area contributed by atoms with E-state index in [1.54, 1.807) is 23.1 Å². The number of pyridine rings is 1. The van der Waals surface area contributed by atoms with Gasteiger partial charge in [-0.05, 0) is 24.1 Å². The van der Waals surface area contributed by atoms with Crippen molar-refractivity contribution in [1.29, 1.82) is 0 Å². The summed E-state index contributed by atoms with van der Waals surface area (Å²) in [4.78, 5) is 50.2. The van der Waals surface area contributed by atoms with Crippen molar-refractivity contribution in [3.8, 4) is 0 Å². The molecule has 8 nitrogen and oxygen atoms in total. The Kier molecular flexibility index (Phi) is 7.09. The predicted molar refractivity (Wildman–Crippen MR) is 138 cm³/mol. The van der Waals surface area contributed by atoms with Crippen LogP contribution in [0.4, 0.5) is 13.2 Å². The third-order valence-electron chi connectivity index (χ3n) is 6.69. The van der Waals surface area contributed by atoms with E-state index >= 15 is 0 Å². The number of rotatable bonds is 4. The molecule has 4 aromatic rings. The number of halogens is 4.